The molecule has 0 aliphatic carbocycles. The molecule has 1 aromatic rings. The molecule has 94 valence electrons. The third kappa shape index (κ3) is 2.36. The molecule has 1 aromatic carbocycles. The molecule has 2 N–H and O–H groups in total. The summed E-state index contributed by atoms with van der Waals surface area (Å²) in [5.74, 6) is -6.81. The number of halogens is 4. The van der Waals surface area contributed by atoms with Crippen LogP contribution in [0.3, 0.4) is 0 Å². The van der Waals surface area contributed by atoms with Crippen LogP contribution in [0.1, 0.15) is 12.5 Å². The van der Waals surface area contributed by atoms with E-state index in [0.29, 0.717) is 6.92 Å². The van der Waals surface area contributed by atoms with Gasteiger partial charge in [0.15, 0.2) is 5.60 Å². The SMILES string of the molecule is CC(O)(c1ccc(Cl)cc1Cl)C(F)(F)C(=O)O. The molecule has 1 unspecified atom stereocenters. The Hall–Kier alpha value is -0.910. The van der Waals surface area contributed by atoms with E-state index in [1.807, 2.05) is 0 Å². The fraction of sp³-hybridized carbons (Fsp3) is 0.300. The summed E-state index contributed by atoms with van der Waals surface area (Å²) < 4.78 is 26.7. The van der Waals surface area contributed by atoms with Crippen molar-refractivity contribution in [1.29, 1.82) is 0 Å². The largest absolute Gasteiger partial charge is 0.477 e. The minimum absolute atomic E-state index is 0.188. The molecule has 17 heavy (non-hydrogen) atoms. The first-order valence-electron chi connectivity index (χ1n) is 4.40. The lowest BCUT2D eigenvalue weighted by Gasteiger charge is -2.30. The van der Waals surface area contributed by atoms with E-state index in [1.54, 1.807) is 0 Å². The maximum atomic E-state index is 13.3. The van der Waals surface area contributed by atoms with Crippen LogP contribution in [0, 0.1) is 0 Å². The Morgan fingerprint density at radius 3 is 2.29 bits per heavy atom. The van der Waals surface area contributed by atoms with Crippen molar-refractivity contribution in [2.75, 3.05) is 0 Å². The Kier molecular flexibility index (Phi) is 3.66. The first-order chi connectivity index (χ1) is 7.60. The van der Waals surface area contributed by atoms with Gasteiger partial charge in [-0.15, -0.1) is 0 Å². The van der Waals surface area contributed by atoms with Crippen molar-refractivity contribution in [3.8, 4) is 0 Å². The summed E-state index contributed by atoms with van der Waals surface area (Å²) in [6.07, 6.45) is 0. The number of rotatable bonds is 3. The molecular weight excluding hydrogens is 277 g/mol. The van der Waals surface area contributed by atoms with Gasteiger partial charge in [-0.1, -0.05) is 29.3 Å². The van der Waals surface area contributed by atoms with Crippen LogP contribution in [0.5, 0.6) is 0 Å². The Balaban J connectivity index is 3.35. The van der Waals surface area contributed by atoms with Gasteiger partial charge in [-0.25, -0.2) is 4.79 Å². The van der Waals surface area contributed by atoms with Gasteiger partial charge in [0, 0.05) is 15.6 Å². The Labute approximate surface area is 106 Å². The molecule has 1 rings (SSSR count). The van der Waals surface area contributed by atoms with Gasteiger partial charge in [-0.2, -0.15) is 8.78 Å². The van der Waals surface area contributed by atoms with E-state index in [2.05, 4.69) is 0 Å². The first-order valence-corrected chi connectivity index (χ1v) is 5.15. The average Bonchev–Trinajstić information content (AvgIpc) is 2.16. The minimum atomic E-state index is -4.37. The Morgan fingerprint density at radius 1 is 1.35 bits per heavy atom. The highest BCUT2D eigenvalue weighted by Gasteiger charge is 2.57. The quantitative estimate of drug-likeness (QED) is 0.897. The lowest BCUT2D eigenvalue weighted by molar-refractivity contribution is -0.207. The smallest absolute Gasteiger partial charge is 0.378 e. The summed E-state index contributed by atoms with van der Waals surface area (Å²) in [6, 6.07) is 3.43. The molecular formula is C10H8Cl2F2O3. The highest BCUT2D eigenvalue weighted by atomic mass is 35.5. The summed E-state index contributed by atoms with van der Waals surface area (Å²) in [7, 11) is 0. The van der Waals surface area contributed by atoms with E-state index in [4.69, 9.17) is 28.3 Å². The van der Waals surface area contributed by atoms with Crippen molar-refractivity contribution in [2.45, 2.75) is 18.4 Å². The number of carbonyl (C=O) groups is 1. The number of alkyl halides is 2. The van der Waals surface area contributed by atoms with Gasteiger partial charge in [0.2, 0.25) is 0 Å². The van der Waals surface area contributed by atoms with Gasteiger partial charge >= 0.3 is 11.9 Å². The molecule has 0 aromatic heterocycles. The Morgan fingerprint density at radius 2 is 1.88 bits per heavy atom. The Bertz CT molecular complexity index is 461. The fourth-order valence-electron chi connectivity index (χ4n) is 1.26. The highest BCUT2D eigenvalue weighted by molar-refractivity contribution is 6.35. The van der Waals surface area contributed by atoms with Crippen molar-refractivity contribution in [3.63, 3.8) is 0 Å². The van der Waals surface area contributed by atoms with Crippen LogP contribution < -0.4 is 0 Å². The number of hydrogen-bond acceptors (Lipinski definition) is 2. The number of benzene rings is 1. The van der Waals surface area contributed by atoms with Crippen molar-refractivity contribution in [1.82, 2.24) is 0 Å². The predicted octanol–water partition coefficient (Wildman–Crippen LogP) is 2.92. The van der Waals surface area contributed by atoms with Crippen molar-refractivity contribution < 1.29 is 23.8 Å². The second-order valence-electron chi connectivity index (χ2n) is 3.58. The van der Waals surface area contributed by atoms with Gasteiger partial charge < -0.3 is 10.2 Å². The van der Waals surface area contributed by atoms with Crippen LogP contribution in [0.2, 0.25) is 10.0 Å². The molecule has 0 saturated heterocycles. The van der Waals surface area contributed by atoms with E-state index in [9.17, 15) is 18.7 Å². The van der Waals surface area contributed by atoms with Gasteiger partial charge in [-0.05, 0) is 19.1 Å². The molecule has 0 amide bonds. The summed E-state index contributed by atoms with van der Waals surface area (Å²) in [5, 5.41) is 18.1. The van der Waals surface area contributed by atoms with Gasteiger partial charge in [0.25, 0.3) is 0 Å². The minimum Gasteiger partial charge on any atom is -0.477 e. The number of aliphatic carboxylic acids is 1. The first kappa shape index (κ1) is 14.2. The van der Waals surface area contributed by atoms with Gasteiger partial charge in [0.05, 0.1) is 0 Å². The third-order valence-corrected chi connectivity index (χ3v) is 2.88. The zero-order chi connectivity index (χ0) is 13.4. The van der Waals surface area contributed by atoms with Crippen LogP contribution >= 0.6 is 23.2 Å². The van der Waals surface area contributed by atoms with Crippen LogP contribution in [0.25, 0.3) is 0 Å². The van der Waals surface area contributed by atoms with E-state index in [1.165, 1.54) is 6.07 Å². The summed E-state index contributed by atoms with van der Waals surface area (Å²) >= 11 is 11.2. The van der Waals surface area contributed by atoms with E-state index >= 15 is 0 Å². The molecule has 0 aliphatic rings. The normalized spacial score (nSPS) is 15.4. The molecule has 0 fully saturated rings. The van der Waals surface area contributed by atoms with Crippen molar-refractivity contribution in [2.24, 2.45) is 0 Å². The second kappa shape index (κ2) is 4.40. The highest BCUT2D eigenvalue weighted by Crippen LogP contribution is 2.41. The molecule has 3 nitrogen and oxygen atoms in total. The van der Waals surface area contributed by atoms with Crippen LogP contribution in [0.4, 0.5) is 8.78 Å². The lowest BCUT2D eigenvalue weighted by Crippen LogP contribution is -2.49. The fourth-order valence-corrected chi connectivity index (χ4v) is 1.85. The number of carboxylic acids is 1. The standard InChI is InChI=1S/C10H8Cl2F2O3/c1-9(17,10(13,14)8(15)16)6-3-2-5(11)4-7(6)12/h2-4,17H,1H3,(H,15,16). The maximum absolute atomic E-state index is 13.3. The van der Waals surface area contributed by atoms with E-state index < -0.39 is 23.1 Å². The number of hydrogen-bond donors (Lipinski definition) is 2. The molecule has 7 heteroatoms. The molecule has 1 atom stereocenters. The summed E-state index contributed by atoms with van der Waals surface area (Å²) in [4.78, 5) is 10.4. The lowest BCUT2D eigenvalue weighted by atomic mass is 9.89. The van der Waals surface area contributed by atoms with E-state index in [-0.39, 0.29) is 10.0 Å². The zero-order valence-corrected chi connectivity index (χ0v) is 10.1. The number of carboxylic acid groups (broad SMARTS) is 1. The summed E-state index contributed by atoms with van der Waals surface area (Å²) in [6.45, 7) is 0.677. The van der Waals surface area contributed by atoms with Crippen LogP contribution in [-0.2, 0) is 10.4 Å². The third-order valence-electron chi connectivity index (χ3n) is 2.34. The molecule has 0 heterocycles. The molecule has 0 aliphatic heterocycles. The zero-order valence-electron chi connectivity index (χ0n) is 8.55. The molecule has 0 bridgehead atoms. The monoisotopic (exact) mass is 284 g/mol. The molecule has 0 saturated carbocycles. The average molecular weight is 285 g/mol. The predicted molar refractivity (Wildman–Crippen MR) is 58.6 cm³/mol. The molecule has 0 spiro atoms. The second-order valence-corrected chi connectivity index (χ2v) is 4.42. The summed E-state index contributed by atoms with van der Waals surface area (Å²) in [5.41, 5.74) is -3.34. The van der Waals surface area contributed by atoms with Gasteiger partial charge in [0.1, 0.15) is 0 Å². The van der Waals surface area contributed by atoms with Crippen molar-refractivity contribution >= 4 is 29.2 Å². The number of aliphatic hydroxyl groups is 1. The maximum Gasteiger partial charge on any atom is 0.378 e. The van der Waals surface area contributed by atoms with Crippen molar-refractivity contribution in [3.05, 3.63) is 33.8 Å². The van der Waals surface area contributed by atoms with Crippen LogP contribution in [0.15, 0.2) is 18.2 Å². The topological polar surface area (TPSA) is 57.5 Å². The van der Waals surface area contributed by atoms with Gasteiger partial charge in [-0.3, -0.25) is 0 Å². The molecule has 0 radical (unpaired) electrons. The van der Waals surface area contributed by atoms with E-state index in [0.717, 1.165) is 12.1 Å². The van der Waals surface area contributed by atoms with Crippen LogP contribution in [-0.4, -0.2) is 22.1 Å².